The van der Waals surface area contributed by atoms with Gasteiger partial charge in [-0.1, -0.05) is 17.7 Å². The van der Waals surface area contributed by atoms with Crippen LogP contribution in [0.1, 0.15) is 18.9 Å². The Kier molecular flexibility index (Phi) is 6.29. The van der Waals surface area contributed by atoms with Crippen LogP contribution in [-0.2, 0) is 4.79 Å². The number of aliphatic hydroxyl groups is 1. The summed E-state index contributed by atoms with van der Waals surface area (Å²) in [6.07, 6.45) is 3.06. The molecule has 0 saturated heterocycles. The summed E-state index contributed by atoms with van der Waals surface area (Å²) in [7, 11) is 0. The zero-order valence-corrected chi connectivity index (χ0v) is 11.8. The standard InChI is InChI=1S/C15H18N2O4/c1-11(2)9-13(10-18)16-15(19)8-7-12-5-3-4-6-14(12)17(20)21/h3-8,13,18H,1,9-10H2,2H3,(H,16,19)/b8-7+. The Hall–Kier alpha value is -2.47. The van der Waals surface area contributed by atoms with Crippen molar-refractivity contribution in [3.8, 4) is 0 Å². The van der Waals surface area contributed by atoms with Gasteiger partial charge in [0.1, 0.15) is 0 Å². The van der Waals surface area contributed by atoms with Crippen LogP contribution in [0.5, 0.6) is 0 Å². The molecule has 0 aliphatic carbocycles. The van der Waals surface area contributed by atoms with Crippen LogP contribution in [-0.4, -0.2) is 28.6 Å². The van der Waals surface area contributed by atoms with Crippen LogP contribution in [0.2, 0.25) is 0 Å². The Balaban J connectivity index is 2.74. The van der Waals surface area contributed by atoms with E-state index in [-0.39, 0.29) is 12.3 Å². The molecule has 0 aliphatic rings. The predicted molar refractivity (Wildman–Crippen MR) is 80.6 cm³/mol. The lowest BCUT2D eigenvalue weighted by molar-refractivity contribution is -0.385. The molecule has 112 valence electrons. The lowest BCUT2D eigenvalue weighted by Gasteiger charge is -2.14. The van der Waals surface area contributed by atoms with Crippen LogP contribution in [0.4, 0.5) is 5.69 Å². The number of nitrogens with one attached hydrogen (secondary N) is 1. The maximum Gasteiger partial charge on any atom is 0.276 e. The number of carbonyl (C=O) groups excluding carboxylic acids is 1. The number of nitrogens with zero attached hydrogens (tertiary/aromatic N) is 1. The van der Waals surface area contributed by atoms with E-state index < -0.39 is 16.9 Å². The molecular weight excluding hydrogens is 272 g/mol. The van der Waals surface area contributed by atoms with E-state index in [1.165, 1.54) is 18.2 Å². The van der Waals surface area contributed by atoms with E-state index in [0.29, 0.717) is 12.0 Å². The van der Waals surface area contributed by atoms with Gasteiger partial charge in [0.05, 0.1) is 23.1 Å². The van der Waals surface area contributed by atoms with E-state index in [2.05, 4.69) is 11.9 Å². The fourth-order valence-electron chi connectivity index (χ4n) is 1.79. The van der Waals surface area contributed by atoms with Crippen molar-refractivity contribution in [3.05, 3.63) is 58.2 Å². The molecule has 6 heteroatoms. The van der Waals surface area contributed by atoms with Gasteiger partial charge in [-0.3, -0.25) is 14.9 Å². The SMILES string of the molecule is C=C(C)CC(CO)NC(=O)/C=C/c1ccccc1[N+](=O)[O-]. The van der Waals surface area contributed by atoms with Gasteiger partial charge in [-0.2, -0.15) is 0 Å². The molecule has 1 amide bonds. The monoisotopic (exact) mass is 290 g/mol. The van der Waals surface area contributed by atoms with Gasteiger partial charge in [0.2, 0.25) is 5.91 Å². The summed E-state index contributed by atoms with van der Waals surface area (Å²) in [5.41, 5.74) is 1.12. The van der Waals surface area contributed by atoms with Crippen molar-refractivity contribution in [3.63, 3.8) is 0 Å². The number of nitro groups is 1. The number of hydrogen-bond acceptors (Lipinski definition) is 4. The predicted octanol–water partition coefficient (Wildman–Crippen LogP) is 2.05. The normalized spacial score (nSPS) is 12.1. The van der Waals surface area contributed by atoms with Crippen molar-refractivity contribution in [2.24, 2.45) is 0 Å². The molecule has 1 aromatic carbocycles. The van der Waals surface area contributed by atoms with Crippen LogP contribution in [0, 0.1) is 10.1 Å². The summed E-state index contributed by atoms with van der Waals surface area (Å²) < 4.78 is 0. The molecule has 6 nitrogen and oxygen atoms in total. The van der Waals surface area contributed by atoms with E-state index in [4.69, 9.17) is 5.11 Å². The first kappa shape index (κ1) is 16.6. The van der Waals surface area contributed by atoms with E-state index in [1.54, 1.807) is 25.1 Å². The van der Waals surface area contributed by atoms with Gasteiger partial charge in [0.15, 0.2) is 0 Å². The molecule has 0 saturated carbocycles. The highest BCUT2D eigenvalue weighted by Crippen LogP contribution is 2.18. The average molecular weight is 290 g/mol. The number of amides is 1. The summed E-state index contributed by atoms with van der Waals surface area (Å²) in [5.74, 6) is -0.423. The van der Waals surface area contributed by atoms with E-state index in [1.807, 2.05) is 0 Å². The van der Waals surface area contributed by atoms with Crippen molar-refractivity contribution in [1.29, 1.82) is 0 Å². The molecule has 1 atom stereocenters. The first-order chi connectivity index (χ1) is 9.93. The van der Waals surface area contributed by atoms with Crippen molar-refractivity contribution in [1.82, 2.24) is 5.32 Å². The van der Waals surface area contributed by atoms with Crippen LogP contribution in [0.25, 0.3) is 6.08 Å². The second-order valence-corrected chi connectivity index (χ2v) is 4.70. The van der Waals surface area contributed by atoms with Gasteiger partial charge in [0.25, 0.3) is 5.69 Å². The number of nitro benzene ring substituents is 1. The number of aliphatic hydroxyl groups excluding tert-OH is 1. The van der Waals surface area contributed by atoms with Crippen molar-refractivity contribution >= 4 is 17.7 Å². The second-order valence-electron chi connectivity index (χ2n) is 4.70. The van der Waals surface area contributed by atoms with Gasteiger partial charge in [-0.25, -0.2) is 0 Å². The molecule has 21 heavy (non-hydrogen) atoms. The average Bonchev–Trinajstić information content (AvgIpc) is 2.44. The molecule has 2 N–H and O–H groups in total. The number of carbonyl (C=O) groups is 1. The fourth-order valence-corrected chi connectivity index (χ4v) is 1.79. The Morgan fingerprint density at radius 1 is 1.52 bits per heavy atom. The van der Waals surface area contributed by atoms with Gasteiger partial charge in [-0.05, 0) is 25.5 Å². The van der Waals surface area contributed by atoms with Gasteiger partial charge in [0, 0.05) is 12.1 Å². The highest BCUT2D eigenvalue weighted by Gasteiger charge is 2.11. The minimum absolute atomic E-state index is 0.0674. The lowest BCUT2D eigenvalue weighted by Crippen LogP contribution is -2.36. The van der Waals surface area contributed by atoms with E-state index >= 15 is 0 Å². The van der Waals surface area contributed by atoms with E-state index in [0.717, 1.165) is 5.57 Å². The molecule has 0 fully saturated rings. The minimum atomic E-state index is -0.505. The third-order valence-electron chi connectivity index (χ3n) is 2.71. The van der Waals surface area contributed by atoms with E-state index in [9.17, 15) is 14.9 Å². The first-order valence-electron chi connectivity index (χ1n) is 6.41. The molecule has 1 rings (SSSR count). The molecule has 1 aromatic rings. The molecule has 0 bridgehead atoms. The molecule has 0 aromatic heterocycles. The smallest absolute Gasteiger partial charge is 0.276 e. The maximum absolute atomic E-state index is 11.7. The van der Waals surface area contributed by atoms with Crippen LogP contribution in [0.3, 0.4) is 0 Å². The number of para-hydroxylation sites is 1. The van der Waals surface area contributed by atoms with Crippen molar-refractivity contribution < 1.29 is 14.8 Å². The molecule has 0 spiro atoms. The number of benzene rings is 1. The van der Waals surface area contributed by atoms with Gasteiger partial charge >= 0.3 is 0 Å². The van der Waals surface area contributed by atoms with Crippen LogP contribution < -0.4 is 5.32 Å². The van der Waals surface area contributed by atoms with Crippen molar-refractivity contribution in [2.75, 3.05) is 6.61 Å². The minimum Gasteiger partial charge on any atom is -0.394 e. The topological polar surface area (TPSA) is 92.5 Å². The summed E-state index contributed by atoms with van der Waals surface area (Å²) in [6.45, 7) is 5.33. The zero-order chi connectivity index (χ0) is 15.8. The fraction of sp³-hybridized carbons (Fsp3) is 0.267. The second kappa shape index (κ2) is 7.96. The third kappa shape index (κ3) is 5.58. The Morgan fingerprint density at radius 3 is 2.76 bits per heavy atom. The largest absolute Gasteiger partial charge is 0.394 e. The summed E-state index contributed by atoms with van der Waals surface area (Å²) in [4.78, 5) is 22.1. The molecule has 0 radical (unpaired) electrons. The quantitative estimate of drug-likeness (QED) is 0.348. The molecule has 1 unspecified atom stereocenters. The third-order valence-corrected chi connectivity index (χ3v) is 2.71. The summed E-state index contributed by atoms with van der Waals surface area (Å²) >= 11 is 0. The number of rotatable bonds is 7. The first-order valence-corrected chi connectivity index (χ1v) is 6.41. The van der Waals surface area contributed by atoms with Crippen molar-refractivity contribution in [2.45, 2.75) is 19.4 Å². The summed E-state index contributed by atoms with van der Waals surface area (Å²) in [5, 5.41) is 22.6. The molecule has 0 heterocycles. The van der Waals surface area contributed by atoms with Gasteiger partial charge < -0.3 is 10.4 Å². The zero-order valence-electron chi connectivity index (χ0n) is 11.8. The van der Waals surface area contributed by atoms with Gasteiger partial charge in [-0.15, -0.1) is 6.58 Å². The molecular formula is C15H18N2O4. The Morgan fingerprint density at radius 2 is 2.19 bits per heavy atom. The maximum atomic E-state index is 11.7. The van der Waals surface area contributed by atoms with Crippen LogP contribution in [0.15, 0.2) is 42.5 Å². The summed E-state index contributed by atoms with van der Waals surface area (Å²) in [6, 6.07) is 5.73. The Labute approximate surface area is 122 Å². The highest BCUT2D eigenvalue weighted by molar-refractivity contribution is 5.92. The Bertz CT molecular complexity index is 567. The lowest BCUT2D eigenvalue weighted by atomic mass is 10.1. The molecule has 0 aliphatic heterocycles. The number of hydrogen-bond donors (Lipinski definition) is 2. The van der Waals surface area contributed by atoms with Crippen LogP contribution >= 0.6 is 0 Å². The highest BCUT2D eigenvalue weighted by atomic mass is 16.6.